The second kappa shape index (κ2) is 8.32. The molecule has 0 saturated heterocycles. The van der Waals surface area contributed by atoms with Crippen LogP contribution in [0.15, 0.2) is 47.8 Å². The van der Waals surface area contributed by atoms with Crippen LogP contribution >= 0.6 is 11.3 Å². The summed E-state index contributed by atoms with van der Waals surface area (Å²) in [6.45, 7) is 0.181. The third-order valence-corrected chi connectivity index (χ3v) is 4.52. The average Bonchev–Trinajstić information content (AvgIpc) is 3.06. The fraction of sp³-hybridized carbons (Fsp3) is 0.158. The van der Waals surface area contributed by atoms with E-state index in [0.29, 0.717) is 16.4 Å². The van der Waals surface area contributed by atoms with Gasteiger partial charge in [0.2, 0.25) is 5.91 Å². The summed E-state index contributed by atoms with van der Waals surface area (Å²) in [6.07, 6.45) is 0. The maximum atomic E-state index is 13.7. The Balaban J connectivity index is 1.56. The molecule has 8 heteroatoms. The van der Waals surface area contributed by atoms with Crippen molar-refractivity contribution in [2.24, 2.45) is 0 Å². The number of anilines is 1. The summed E-state index contributed by atoms with van der Waals surface area (Å²) >= 11 is 1.26. The van der Waals surface area contributed by atoms with E-state index in [-0.39, 0.29) is 24.8 Å². The van der Waals surface area contributed by atoms with Gasteiger partial charge in [-0.25, -0.2) is 18.2 Å². The van der Waals surface area contributed by atoms with Crippen molar-refractivity contribution < 1.29 is 18.0 Å². The predicted molar refractivity (Wildman–Crippen MR) is 98.8 cm³/mol. The summed E-state index contributed by atoms with van der Waals surface area (Å²) in [7, 11) is 1.66. The van der Waals surface area contributed by atoms with Gasteiger partial charge in [0.1, 0.15) is 17.5 Å². The molecule has 0 unspecified atom stereocenters. The van der Waals surface area contributed by atoms with Gasteiger partial charge in [0.15, 0.2) is 5.13 Å². The standard InChI is InChI=1S/C19H16F3N3OS/c1-25(9-13-4-7-15(21)8-16(13)22)10-18(26)24-19-23-17(11-27-19)12-2-5-14(20)6-3-12/h2-8,11H,9-10H2,1H3,(H,23,24,26). The summed E-state index contributed by atoms with van der Waals surface area (Å²) < 4.78 is 39.6. The molecule has 2 aromatic carbocycles. The second-order valence-corrected chi connectivity index (χ2v) is 6.86. The van der Waals surface area contributed by atoms with Gasteiger partial charge in [0.05, 0.1) is 12.2 Å². The Morgan fingerprint density at radius 3 is 2.52 bits per heavy atom. The van der Waals surface area contributed by atoms with Crippen LogP contribution in [0.25, 0.3) is 11.3 Å². The molecule has 1 heterocycles. The van der Waals surface area contributed by atoms with E-state index in [1.807, 2.05) is 0 Å². The Kier molecular flexibility index (Phi) is 5.88. The Hall–Kier alpha value is -2.71. The summed E-state index contributed by atoms with van der Waals surface area (Å²) in [5.74, 6) is -1.92. The van der Waals surface area contributed by atoms with Crippen molar-refractivity contribution in [2.45, 2.75) is 6.54 Å². The summed E-state index contributed by atoms with van der Waals surface area (Å²) in [6, 6.07) is 9.26. The van der Waals surface area contributed by atoms with Crippen LogP contribution in [0, 0.1) is 17.5 Å². The van der Waals surface area contributed by atoms with Crippen LogP contribution in [0.5, 0.6) is 0 Å². The highest BCUT2D eigenvalue weighted by Gasteiger charge is 2.12. The number of carbonyl (C=O) groups excluding carboxylic acids is 1. The van der Waals surface area contributed by atoms with Gasteiger partial charge in [-0.3, -0.25) is 9.69 Å². The van der Waals surface area contributed by atoms with E-state index in [0.717, 1.165) is 11.6 Å². The second-order valence-electron chi connectivity index (χ2n) is 6.00. The first kappa shape index (κ1) is 19.1. The molecular weight excluding hydrogens is 375 g/mol. The lowest BCUT2D eigenvalue weighted by molar-refractivity contribution is -0.117. The van der Waals surface area contributed by atoms with Crippen LogP contribution in [-0.4, -0.2) is 29.4 Å². The van der Waals surface area contributed by atoms with Crippen LogP contribution in [0.4, 0.5) is 18.3 Å². The minimum atomic E-state index is -0.647. The molecule has 0 saturated carbocycles. The number of nitrogens with one attached hydrogen (secondary N) is 1. The Morgan fingerprint density at radius 1 is 1.11 bits per heavy atom. The molecule has 1 N–H and O–H groups in total. The number of halogens is 3. The van der Waals surface area contributed by atoms with Gasteiger partial charge in [-0.05, 0) is 37.4 Å². The van der Waals surface area contributed by atoms with Gasteiger partial charge >= 0.3 is 0 Å². The number of rotatable bonds is 6. The Bertz CT molecular complexity index is 944. The normalized spacial score (nSPS) is 11.0. The van der Waals surface area contributed by atoms with Crippen LogP contribution < -0.4 is 5.32 Å². The zero-order chi connectivity index (χ0) is 19.4. The Morgan fingerprint density at radius 2 is 1.81 bits per heavy atom. The van der Waals surface area contributed by atoms with E-state index >= 15 is 0 Å². The zero-order valence-electron chi connectivity index (χ0n) is 14.4. The SMILES string of the molecule is CN(CC(=O)Nc1nc(-c2ccc(F)cc2)cs1)Cc1ccc(F)cc1F. The summed E-state index contributed by atoms with van der Waals surface area (Å²) in [5.41, 5.74) is 1.69. The largest absolute Gasteiger partial charge is 0.301 e. The smallest absolute Gasteiger partial charge is 0.240 e. The lowest BCUT2D eigenvalue weighted by Gasteiger charge is -2.16. The highest BCUT2D eigenvalue weighted by Crippen LogP contribution is 2.25. The van der Waals surface area contributed by atoms with Crippen molar-refractivity contribution in [3.63, 3.8) is 0 Å². The van der Waals surface area contributed by atoms with Crippen LogP contribution in [0.2, 0.25) is 0 Å². The van der Waals surface area contributed by atoms with Crippen molar-refractivity contribution in [3.8, 4) is 11.3 Å². The third-order valence-electron chi connectivity index (χ3n) is 3.76. The molecule has 4 nitrogen and oxygen atoms in total. The molecule has 0 aliphatic heterocycles. The lowest BCUT2D eigenvalue weighted by Crippen LogP contribution is -2.30. The number of carbonyl (C=O) groups is 1. The monoisotopic (exact) mass is 391 g/mol. The van der Waals surface area contributed by atoms with Gasteiger partial charge < -0.3 is 5.32 Å². The zero-order valence-corrected chi connectivity index (χ0v) is 15.2. The van der Waals surface area contributed by atoms with E-state index in [9.17, 15) is 18.0 Å². The predicted octanol–water partition coefficient (Wildman–Crippen LogP) is 4.30. The first-order valence-corrected chi connectivity index (χ1v) is 8.92. The number of benzene rings is 2. The number of likely N-dealkylation sites (N-methyl/N-ethyl adjacent to an activating group) is 1. The Labute approximate surface area is 158 Å². The van der Waals surface area contributed by atoms with Crippen molar-refractivity contribution in [1.29, 1.82) is 0 Å². The first-order chi connectivity index (χ1) is 12.9. The third kappa shape index (κ3) is 5.15. The molecule has 0 fully saturated rings. The van der Waals surface area contributed by atoms with Crippen molar-refractivity contribution in [2.75, 3.05) is 18.9 Å². The van der Waals surface area contributed by atoms with E-state index in [2.05, 4.69) is 10.3 Å². The fourth-order valence-electron chi connectivity index (χ4n) is 2.48. The number of hydrogen-bond donors (Lipinski definition) is 1. The molecule has 0 aliphatic carbocycles. The number of aromatic nitrogens is 1. The minimum absolute atomic E-state index is 0.0161. The van der Waals surface area contributed by atoms with Gasteiger partial charge in [-0.2, -0.15) is 0 Å². The summed E-state index contributed by atoms with van der Waals surface area (Å²) in [4.78, 5) is 18.1. The fourth-order valence-corrected chi connectivity index (χ4v) is 3.22. The molecule has 1 aromatic heterocycles. The molecule has 1 amide bonds. The van der Waals surface area contributed by atoms with E-state index < -0.39 is 11.6 Å². The van der Waals surface area contributed by atoms with Crippen molar-refractivity contribution in [1.82, 2.24) is 9.88 Å². The van der Waals surface area contributed by atoms with Gasteiger partial charge in [-0.1, -0.05) is 6.07 Å². The van der Waals surface area contributed by atoms with Crippen LogP contribution in [0.3, 0.4) is 0 Å². The molecule has 0 radical (unpaired) electrons. The first-order valence-electron chi connectivity index (χ1n) is 8.04. The maximum Gasteiger partial charge on any atom is 0.240 e. The molecule has 0 spiro atoms. The quantitative estimate of drug-likeness (QED) is 0.682. The number of nitrogens with zero attached hydrogens (tertiary/aromatic N) is 2. The van der Waals surface area contributed by atoms with E-state index in [1.54, 1.807) is 29.5 Å². The minimum Gasteiger partial charge on any atom is -0.301 e. The highest BCUT2D eigenvalue weighted by atomic mass is 32.1. The maximum absolute atomic E-state index is 13.7. The summed E-state index contributed by atoms with van der Waals surface area (Å²) in [5, 5.41) is 4.86. The molecule has 3 aromatic rings. The van der Waals surface area contributed by atoms with Crippen LogP contribution in [0.1, 0.15) is 5.56 Å². The number of amides is 1. The average molecular weight is 391 g/mol. The van der Waals surface area contributed by atoms with E-state index in [1.165, 1.54) is 35.6 Å². The molecular formula is C19H16F3N3OS. The number of thiazole rings is 1. The molecule has 0 atom stereocenters. The molecule has 3 rings (SSSR count). The van der Waals surface area contributed by atoms with Gasteiger partial charge in [-0.15, -0.1) is 11.3 Å². The van der Waals surface area contributed by atoms with Crippen LogP contribution in [-0.2, 0) is 11.3 Å². The van der Waals surface area contributed by atoms with Gasteiger partial charge in [0.25, 0.3) is 0 Å². The number of hydrogen-bond acceptors (Lipinski definition) is 4. The molecule has 0 aliphatic rings. The molecule has 27 heavy (non-hydrogen) atoms. The van der Waals surface area contributed by atoms with Crippen molar-refractivity contribution in [3.05, 3.63) is 70.9 Å². The molecule has 140 valence electrons. The van der Waals surface area contributed by atoms with Crippen molar-refractivity contribution >= 4 is 22.4 Å². The topological polar surface area (TPSA) is 45.2 Å². The molecule has 0 bridgehead atoms. The highest BCUT2D eigenvalue weighted by molar-refractivity contribution is 7.14. The van der Waals surface area contributed by atoms with E-state index in [4.69, 9.17) is 0 Å². The van der Waals surface area contributed by atoms with Gasteiger partial charge in [0, 0.05) is 29.1 Å². The lowest BCUT2D eigenvalue weighted by atomic mass is 10.2.